The molecule has 0 radical (unpaired) electrons. The van der Waals surface area contributed by atoms with Crippen molar-refractivity contribution in [2.75, 3.05) is 37.2 Å². The van der Waals surface area contributed by atoms with Gasteiger partial charge in [-0.1, -0.05) is 11.8 Å². The molecule has 1 amide bonds. The number of nitrogens with zero attached hydrogens (tertiary/aromatic N) is 4. The summed E-state index contributed by atoms with van der Waals surface area (Å²) in [7, 11) is 1.94. The molecule has 0 bridgehead atoms. The molecule has 14 heteroatoms. The molecule has 1 aliphatic heterocycles. The highest BCUT2D eigenvalue weighted by Gasteiger charge is 2.63. The van der Waals surface area contributed by atoms with Crippen LogP contribution in [0.4, 0.5) is 33.3 Å². The molecule has 2 atom stereocenters. The van der Waals surface area contributed by atoms with Crippen molar-refractivity contribution in [3.05, 3.63) is 42.2 Å². The van der Waals surface area contributed by atoms with Gasteiger partial charge in [0.25, 0.3) is 0 Å². The van der Waals surface area contributed by atoms with E-state index in [0.29, 0.717) is 10.7 Å². The summed E-state index contributed by atoms with van der Waals surface area (Å²) >= 11 is 1.31. The monoisotopic (exact) mass is 517 g/mol. The van der Waals surface area contributed by atoms with Gasteiger partial charge in [-0.05, 0) is 24.5 Å². The molecule has 0 saturated carbocycles. The van der Waals surface area contributed by atoms with Gasteiger partial charge in [-0.2, -0.15) is 22.7 Å². The van der Waals surface area contributed by atoms with Crippen molar-refractivity contribution in [1.82, 2.24) is 14.6 Å². The van der Waals surface area contributed by atoms with Crippen LogP contribution < -0.4 is 15.0 Å². The molecule has 35 heavy (non-hydrogen) atoms. The Kier molecular flexibility index (Phi) is 6.53. The fourth-order valence-corrected chi connectivity index (χ4v) is 4.60. The number of nitrogens with one attached hydrogen (secondary N) is 1. The first-order chi connectivity index (χ1) is 16.6. The first-order valence-electron chi connectivity index (χ1n) is 10.1. The van der Waals surface area contributed by atoms with Crippen molar-refractivity contribution in [2.45, 2.75) is 29.4 Å². The molecular weight excluding hydrogens is 497 g/mol. The molecule has 8 nitrogen and oxygen atoms in total. The Hall–Kier alpha value is -3.13. The Bertz CT molecular complexity index is 1270. The van der Waals surface area contributed by atoms with E-state index in [4.69, 9.17) is 9.47 Å². The van der Waals surface area contributed by atoms with E-state index in [1.165, 1.54) is 28.7 Å². The van der Waals surface area contributed by atoms with Crippen LogP contribution in [0.25, 0.3) is 5.52 Å². The van der Waals surface area contributed by atoms with Crippen LogP contribution >= 0.6 is 11.8 Å². The fourth-order valence-electron chi connectivity index (χ4n) is 4.12. The van der Waals surface area contributed by atoms with Gasteiger partial charge in [-0.3, -0.25) is 4.79 Å². The van der Waals surface area contributed by atoms with Gasteiger partial charge in [0.2, 0.25) is 11.7 Å². The van der Waals surface area contributed by atoms with Crippen molar-refractivity contribution in [2.24, 2.45) is 0 Å². The number of amides is 1. The normalized spacial score (nSPS) is 20.5. The van der Waals surface area contributed by atoms with Crippen molar-refractivity contribution in [3.8, 4) is 5.75 Å². The summed E-state index contributed by atoms with van der Waals surface area (Å²) in [4.78, 5) is 18.5. The van der Waals surface area contributed by atoms with E-state index >= 15 is 0 Å². The van der Waals surface area contributed by atoms with E-state index in [1.807, 2.05) is 0 Å². The summed E-state index contributed by atoms with van der Waals surface area (Å²) in [6.07, 6.45) is -1.01. The summed E-state index contributed by atoms with van der Waals surface area (Å²) in [6, 6.07) is 1.94. The van der Waals surface area contributed by atoms with Crippen LogP contribution in [0.5, 0.6) is 5.75 Å². The third-order valence-corrected chi connectivity index (χ3v) is 6.57. The average Bonchev–Trinajstić information content (AvgIpc) is 3.43. The second kappa shape index (κ2) is 9.15. The predicted molar refractivity (Wildman–Crippen MR) is 118 cm³/mol. The van der Waals surface area contributed by atoms with Crippen molar-refractivity contribution in [3.63, 3.8) is 0 Å². The number of alkyl halides is 3. The zero-order valence-electron chi connectivity index (χ0n) is 18.7. The average molecular weight is 517 g/mol. The summed E-state index contributed by atoms with van der Waals surface area (Å²) < 4.78 is 81.7. The lowest BCUT2D eigenvalue weighted by Gasteiger charge is -2.31. The number of thioether (sulfide) groups is 1. The number of rotatable bonds is 6. The number of aromatic nitrogens is 3. The molecular formula is C21H20F5N5O3S. The van der Waals surface area contributed by atoms with Crippen LogP contribution in [0.2, 0.25) is 0 Å². The number of ether oxygens (including phenoxy) is 2. The minimum atomic E-state index is -4.86. The lowest BCUT2D eigenvalue weighted by molar-refractivity contribution is -0.261. The highest BCUT2D eigenvalue weighted by atomic mass is 32.2. The quantitative estimate of drug-likeness (QED) is 0.302. The molecule has 0 aliphatic carbocycles. The van der Waals surface area contributed by atoms with Gasteiger partial charge in [0.15, 0.2) is 22.3 Å². The van der Waals surface area contributed by atoms with Gasteiger partial charge in [0.05, 0.1) is 36.7 Å². The zero-order chi connectivity index (χ0) is 25.5. The fraction of sp³-hybridized carbons (Fsp3) is 0.381. The maximum absolute atomic E-state index is 14.4. The molecule has 3 heterocycles. The molecule has 1 aromatic carbocycles. The number of carbonyl (C=O) groups excluding carboxylic acids is 1. The van der Waals surface area contributed by atoms with Gasteiger partial charge in [0, 0.05) is 19.7 Å². The van der Waals surface area contributed by atoms with Crippen LogP contribution in [0, 0.1) is 11.6 Å². The van der Waals surface area contributed by atoms with Gasteiger partial charge in [0.1, 0.15) is 6.04 Å². The SMILES string of the molecule is COc1c(N2CC(OC)(C(F)(F)F)CC2C(=O)Nc2cnn3c(SC)nccc23)ccc(F)c1F. The maximum Gasteiger partial charge on any atom is 0.419 e. The maximum atomic E-state index is 14.4. The smallest absolute Gasteiger partial charge is 0.419 e. The number of carbonyl (C=O) groups is 1. The standard InChI is InChI=1S/C21H20F5N5O3S/c1-33-17-14(5-4-11(22)16(17)23)30-10-20(34-2,21(24,25)26)8-15(30)18(32)29-12-9-28-31-13(12)6-7-27-19(31)35-3/h4-7,9,15H,8,10H2,1-3H3,(H,29,32). The van der Waals surface area contributed by atoms with E-state index in [2.05, 4.69) is 15.4 Å². The zero-order valence-corrected chi connectivity index (χ0v) is 19.5. The number of hydrogen-bond acceptors (Lipinski definition) is 7. The molecule has 2 unspecified atom stereocenters. The molecule has 4 rings (SSSR count). The summed E-state index contributed by atoms with van der Waals surface area (Å²) in [5.74, 6) is -4.07. The van der Waals surface area contributed by atoms with Crippen molar-refractivity contribution >= 4 is 34.6 Å². The largest absolute Gasteiger partial charge is 0.491 e. The second-order valence-corrected chi connectivity index (χ2v) is 8.51. The Morgan fingerprint density at radius 1 is 1.26 bits per heavy atom. The first-order valence-corrected chi connectivity index (χ1v) is 11.4. The lowest BCUT2D eigenvalue weighted by atomic mass is 9.99. The highest BCUT2D eigenvalue weighted by Crippen LogP contribution is 2.47. The second-order valence-electron chi connectivity index (χ2n) is 7.73. The van der Waals surface area contributed by atoms with Crippen LogP contribution in [0.1, 0.15) is 6.42 Å². The topological polar surface area (TPSA) is 81.0 Å². The molecule has 1 fully saturated rings. The molecule has 1 N–H and O–H groups in total. The molecule has 1 saturated heterocycles. The summed E-state index contributed by atoms with van der Waals surface area (Å²) in [5, 5.41) is 7.30. The molecule has 0 spiro atoms. The van der Waals surface area contributed by atoms with E-state index in [9.17, 15) is 26.7 Å². The lowest BCUT2D eigenvalue weighted by Crippen LogP contribution is -2.49. The van der Waals surface area contributed by atoms with E-state index < -0.39 is 54.1 Å². The van der Waals surface area contributed by atoms with Crippen LogP contribution in [-0.4, -0.2) is 65.3 Å². The number of benzene rings is 1. The summed E-state index contributed by atoms with van der Waals surface area (Å²) in [5.41, 5.74) is -2.24. The number of fused-ring (bicyclic) bond motifs is 1. The van der Waals surface area contributed by atoms with Crippen LogP contribution in [0.3, 0.4) is 0 Å². The number of anilines is 2. The highest BCUT2D eigenvalue weighted by molar-refractivity contribution is 7.98. The van der Waals surface area contributed by atoms with E-state index in [-0.39, 0.29) is 11.4 Å². The van der Waals surface area contributed by atoms with Crippen LogP contribution in [-0.2, 0) is 9.53 Å². The van der Waals surface area contributed by atoms with E-state index in [1.54, 1.807) is 12.3 Å². The number of hydrogen-bond donors (Lipinski definition) is 1. The Morgan fingerprint density at radius 3 is 2.63 bits per heavy atom. The third-order valence-electron chi connectivity index (χ3n) is 5.92. The van der Waals surface area contributed by atoms with E-state index in [0.717, 1.165) is 31.3 Å². The predicted octanol–water partition coefficient (Wildman–Crippen LogP) is 3.90. The first kappa shape index (κ1) is 25.0. The molecule has 2 aromatic heterocycles. The van der Waals surface area contributed by atoms with Gasteiger partial charge < -0.3 is 19.7 Å². The number of halogens is 5. The van der Waals surface area contributed by atoms with Crippen molar-refractivity contribution < 1.29 is 36.2 Å². The van der Waals surface area contributed by atoms with Crippen molar-refractivity contribution in [1.29, 1.82) is 0 Å². The molecule has 3 aromatic rings. The minimum Gasteiger partial charge on any atom is -0.491 e. The van der Waals surface area contributed by atoms with Crippen LogP contribution in [0.15, 0.2) is 35.7 Å². The summed E-state index contributed by atoms with van der Waals surface area (Å²) in [6.45, 7) is -0.845. The molecule has 1 aliphatic rings. The third kappa shape index (κ3) is 4.14. The Labute approximate surface area is 200 Å². The number of methoxy groups -OCH3 is 2. The van der Waals surface area contributed by atoms with Gasteiger partial charge >= 0.3 is 6.18 Å². The Morgan fingerprint density at radius 2 is 2.00 bits per heavy atom. The van der Waals surface area contributed by atoms with Gasteiger partial charge in [-0.15, -0.1) is 0 Å². The van der Waals surface area contributed by atoms with Gasteiger partial charge in [-0.25, -0.2) is 13.9 Å². The molecule has 188 valence electrons. The minimum absolute atomic E-state index is 0.219. The Balaban J connectivity index is 1.76.